The van der Waals surface area contributed by atoms with Crippen LogP contribution in [0.25, 0.3) is 6.08 Å². The second kappa shape index (κ2) is 7.33. The smallest absolute Gasteiger partial charge is 0.266 e. The Bertz CT molecular complexity index is 1050. The van der Waals surface area contributed by atoms with Crippen molar-refractivity contribution < 1.29 is 4.79 Å². The monoisotopic (exact) mass is 416 g/mol. The first-order chi connectivity index (χ1) is 13.1. The van der Waals surface area contributed by atoms with Gasteiger partial charge >= 0.3 is 0 Å². The molecule has 0 radical (unpaired) electrons. The molecule has 0 aliphatic carbocycles. The number of amidine groups is 1. The van der Waals surface area contributed by atoms with Gasteiger partial charge in [-0.25, -0.2) is 4.99 Å². The predicted molar refractivity (Wildman–Crippen MR) is 114 cm³/mol. The summed E-state index contributed by atoms with van der Waals surface area (Å²) in [4.78, 5) is 19.6. The molecule has 1 aliphatic rings. The average molecular weight is 417 g/mol. The van der Waals surface area contributed by atoms with Crippen LogP contribution in [0.15, 0.2) is 94.0 Å². The van der Waals surface area contributed by atoms with Gasteiger partial charge in [-0.3, -0.25) is 9.69 Å². The third-order valence-electron chi connectivity index (χ3n) is 4.32. The molecule has 0 saturated carbocycles. The van der Waals surface area contributed by atoms with Crippen molar-refractivity contribution >= 4 is 39.4 Å². The zero-order chi connectivity index (χ0) is 18.8. The summed E-state index contributed by atoms with van der Waals surface area (Å²) in [5.74, 6) is 0.527. The number of hydrogen-bond donors (Lipinski definition) is 0. The van der Waals surface area contributed by atoms with Gasteiger partial charge in [0.15, 0.2) is 0 Å². The number of para-hydroxylation sites is 1. The van der Waals surface area contributed by atoms with E-state index in [-0.39, 0.29) is 5.91 Å². The van der Waals surface area contributed by atoms with E-state index in [9.17, 15) is 4.79 Å². The molecule has 27 heavy (non-hydrogen) atoms. The van der Waals surface area contributed by atoms with Crippen molar-refractivity contribution in [2.75, 3.05) is 4.90 Å². The molecule has 3 aromatic rings. The summed E-state index contributed by atoms with van der Waals surface area (Å²) >= 11 is 3.43. The van der Waals surface area contributed by atoms with Crippen molar-refractivity contribution in [3.63, 3.8) is 0 Å². The maximum absolute atomic E-state index is 13.2. The standard InChI is InChI=1S/C23H17BrN2O/c1-16-6-5-7-18(14-16)22-25-21(15-17-10-12-19(24)13-11-17)23(27)26(22)20-8-3-2-4-9-20/h2-15H,1H3/b21-15+. The number of amides is 1. The number of aliphatic imine (C=N–C) groups is 1. The van der Waals surface area contributed by atoms with Crippen molar-refractivity contribution in [3.05, 3.63) is 106 Å². The van der Waals surface area contributed by atoms with Crippen molar-refractivity contribution in [2.45, 2.75) is 6.92 Å². The van der Waals surface area contributed by atoms with E-state index in [4.69, 9.17) is 4.99 Å². The molecule has 0 fully saturated rings. The van der Waals surface area contributed by atoms with Crippen LogP contribution in [0.5, 0.6) is 0 Å². The number of rotatable bonds is 3. The van der Waals surface area contributed by atoms with Crippen molar-refractivity contribution in [3.8, 4) is 0 Å². The number of halogens is 1. The summed E-state index contributed by atoms with van der Waals surface area (Å²) < 4.78 is 0.997. The van der Waals surface area contributed by atoms with E-state index in [1.165, 1.54) is 0 Å². The van der Waals surface area contributed by atoms with Gasteiger partial charge in [-0.2, -0.15) is 0 Å². The molecule has 0 unspecified atom stereocenters. The Kier molecular flexibility index (Phi) is 4.73. The predicted octanol–water partition coefficient (Wildman–Crippen LogP) is 5.59. The van der Waals surface area contributed by atoms with Crippen molar-refractivity contribution in [1.29, 1.82) is 0 Å². The van der Waals surface area contributed by atoms with Crippen LogP contribution in [0.4, 0.5) is 5.69 Å². The van der Waals surface area contributed by atoms with E-state index in [0.29, 0.717) is 11.5 Å². The molecule has 0 aromatic heterocycles. The molecular weight excluding hydrogens is 400 g/mol. The van der Waals surface area contributed by atoms with Crippen molar-refractivity contribution in [2.24, 2.45) is 4.99 Å². The van der Waals surface area contributed by atoms with Gasteiger partial charge in [-0.05, 0) is 48.9 Å². The average Bonchev–Trinajstić information content (AvgIpc) is 3.01. The zero-order valence-corrected chi connectivity index (χ0v) is 16.3. The van der Waals surface area contributed by atoms with E-state index in [1.54, 1.807) is 4.90 Å². The lowest BCUT2D eigenvalue weighted by atomic mass is 10.1. The minimum Gasteiger partial charge on any atom is -0.266 e. The molecule has 0 saturated heterocycles. The van der Waals surface area contributed by atoms with Crippen molar-refractivity contribution in [1.82, 2.24) is 0 Å². The van der Waals surface area contributed by atoms with Gasteiger partial charge < -0.3 is 0 Å². The quantitative estimate of drug-likeness (QED) is 0.512. The minimum absolute atomic E-state index is 0.124. The van der Waals surface area contributed by atoms with E-state index in [1.807, 2.05) is 91.9 Å². The van der Waals surface area contributed by atoms with Crippen LogP contribution in [-0.2, 0) is 4.79 Å². The maximum Gasteiger partial charge on any atom is 0.282 e. The highest BCUT2D eigenvalue weighted by molar-refractivity contribution is 9.10. The molecule has 132 valence electrons. The maximum atomic E-state index is 13.2. The highest BCUT2D eigenvalue weighted by Gasteiger charge is 2.32. The Labute approximate surface area is 166 Å². The van der Waals surface area contributed by atoms with Crippen LogP contribution in [0.2, 0.25) is 0 Å². The Morgan fingerprint density at radius 3 is 2.37 bits per heavy atom. The van der Waals surface area contributed by atoms with Crippen LogP contribution < -0.4 is 4.90 Å². The van der Waals surface area contributed by atoms with E-state index in [2.05, 4.69) is 15.9 Å². The molecule has 3 aromatic carbocycles. The number of anilines is 1. The summed E-state index contributed by atoms with van der Waals surface area (Å²) in [6.07, 6.45) is 1.83. The van der Waals surface area contributed by atoms with Gasteiger partial charge in [0.05, 0.1) is 5.69 Å². The number of carbonyl (C=O) groups excluding carboxylic acids is 1. The Balaban J connectivity index is 1.82. The lowest BCUT2D eigenvalue weighted by molar-refractivity contribution is -0.113. The number of hydrogen-bond acceptors (Lipinski definition) is 2. The van der Waals surface area contributed by atoms with E-state index < -0.39 is 0 Å². The Morgan fingerprint density at radius 1 is 0.926 bits per heavy atom. The van der Waals surface area contributed by atoms with Crippen LogP contribution >= 0.6 is 15.9 Å². The van der Waals surface area contributed by atoms with E-state index >= 15 is 0 Å². The first-order valence-electron chi connectivity index (χ1n) is 8.64. The van der Waals surface area contributed by atoms with Gasteiger partial charge in [0, 0.05) is 10.0 Å². The number of benzene rings is 3. The molecule has 1 aliphatic heterocycles. The largest absolute Gasteiger partial charge is 0.282 e. The number of nitrogens with zero attached hydrogens (tertiary/aromatic N) is 2. The molecule has 1 heterocycles. The van der Waals surface area contributed by atoms with Crippen LogP contribution in [0.1, 0.15) is 16.7 Å². The number of aryl methyl sites for hydroxylation is 1. The summed E-state index contributed by atoms with van der Waals surface area (Å²) in [7, 11) is 0. The van der Waals surface area contributed by atoms with Gasteiger partial charge in [0.2, 0.25) is 0 Å². The Hall–Kier alpha value is -2.98. The molecule has 0 N–H and O–H groups in total. The highest BCUT2D eigenvalue weighted by Crippen LogP contribution is 2.28. The van der Waals surface area contributed by atoms with Crippen LogP contribution in [0, 0.1) is 6.92 Å². The fourth-order valence-corrected chi connectivity index (χ4v) is 3.29. The van der Waals surface area contributed by atoms with E-state index in [0.717, 1.165) is 26.9 Å². The highest BCUT2D eigenvalue weighted by atomic mass is 79.9. The fraction of sp³-hybridized carbons (Fsp3) is 0.0435. The SMILES string of the molecule is Cc1cccc(C2=N/C(=C/c3ccc(Br)cc3)C(=O)N2c2ccccc2)c1. The molecule has 4 rings (SSSR count). The first kappa shape index (κ1) is 17.4. The minimum atomic E-state index is -0.124. The Morgan fingerprint density at radius 2 is 1.67 bits per heavy atom. The van der Waals surface area contributed by atoms with Gasteiger partial charge in [0.1, 0.15) is 11.5 Å². The van der Waals surface area contributed by atoms with Gasteiger partial charge in [0.25, 0.3) is 5.91 Å². The third kappa shape index (κ3) is 3.62. The topological polar surface area (TPSA) is 32.7 Å². The molecule has 0 spiro atoms. The molecule has 0 bridgehead atoms. The second-order valence-electron chi connectivity index (χ2n) is 6.36. The van der Waals surface area contributed by atoms with Gasteiger partial charge in [-0.1, -0.05) is 70.0 Å². The molecule has 4 heteroatoms. The molecule has 0 atom stereocenters. The molecule has 1 amide bonds. The van der Waals surface area contributed by atoms with Gasteiger partial charge in [-0.15, -0.1) is 0 Å². The summed E-state index contributed by atoms with van der Waals surface area (Å²) in [5, 5.41) is 0. The number of carbonyl (C=O) groups is 1. The molecular formula is C23H17BrN2O. The summed E-state index contributed by atoms with van der Waals surface area (Å²) in [6, 6.07) is 25.5. The van der Waals surface area contributed by atoms with Crippen LogP contribution in [-0.4, -0.2) is 11.7 Å². The second-order valence-corrected chi connectivity index (χ2v) is 7.28. The normalized spacial score (nSPS) is 15.3. The molecule has 3 nitrogen and oxygen atoms in total. The lowest BCUT2D eigenvalue weighted by Gasteiger charge is -2.18. The van der Waals surface area contributed by atoms with Crippen LogP contribution in [0.3, 0.4) is 0 Å². The zero-order valence-electron chi connectivity index (χ0n) is 14.8. The lowest BCUT2D eigenvalue weighted by Crippen LogP contribution is -2.32. The summed E-state index contributed by atoms with van der Waals surface area (Å²) in [5.41, 5.74) is 4.22. The summed E-state index contributed by atoms with van der Waals surface area (Å²) in [6.45, 7) is 2.03. The third-order valence-corrected chi connectivity index (χ3v) is 4.85. The first-order valence-corrected chi connectivity index (χ1v) is 9.43. The fourth-order valence-electron chi connectivity index (χ4n) is 3.03.